The summed E-state index contributed by atoms with van der Waals surface area (Å²) in [4.78, 5) is 8.35. The highest BCUT2D eigenvalue weighted by molar-refractivity contribution is 5.62. The van der Waals surface area contributed by atoms with E-state index < -0.39 is 6.43 Å². The monoisotopic (exact) mass is 375 g/mol. The predicted molar refractivity (Wildman–Crippen MR) is 98.7 cm³/mol. The summed E-state index contributed by atoms with van der Waals surface area (Å²) in [5.74, 6) is 0.197. The maximum absolute atomic E-state index is 13.3. The normalized spacial score (nSPS) is 11.3. The van der Waals surface area contributed by atoms with Gasteiger partial charge in [-0.3, -0.25) is 9.36 Å². The van der Waals surface area contributed by atoms with Gasteiger partial charge in [-0.15, -0.1) is 0 Å². The summed E-state index contributed by atoms with van der Waals surface area (Å²) < 4.78 is 30.2. The van der Waals surface area contributed by atoms with Gasteiger partial charge in [0.15, 0.2) is 0 Å². The standard InChI is InChI=1S/C18H23F2N7/c1-4-27-13(3)14(11-22-27)15-10-16(17(19)20)24-18(23-15)21-7-5-8-26-9-6-12(2)25-26/h6,9-11,17H,4-5,7-8H2,1-3H3,(H,21,23,24). The molecule has 0 aliphatic carbocycles. The minimum absolute atomic E-state index is 0.197. The predicted octanol–water partition coefficient (Wildman–Crippen LogP) is 3.61. The number of nitrogens with one attached hydrogen (secondary N) is 1. The molecule has 0 saturated heterocycles. The minimum atomic E-state index is -2.67. The van der Waals surface area contributed by atoms with E-state index in [4.69, 9.17) is 0 Å². The van der Waals surface area contributed by atoms with Crippen LogP contribution in [0, 0.1) is 13.8 Å². The van der Waals surface area contributed by atoms with Crippen LogP contribution < -0.4 is 5.32 Å². The Morgan fingerprint density at radius 1 is 1.22 bits per heavy atom. The highest BCUT2D eigenvalue weighted by Crippen LogP contribution is 2.26. The lowest BCUT2D eigenvalue weighted by Crippen LogP contribution is -2.11. The van der Waals surface area contributed by atoms with E-state index in [2.05, 4.69) is 25.5 Å². The van der Waals surface area contributed by atoms with Crippen LogP contribution in [0.1, 0.15) is 36.9 Å². The lowest BCUT2D eigenvalue weighted by molar-refractivity contribution is 0.146. The van der Waals surface area contributed by atoms with Crippen molar-refractivity contribution in [3.05, 3.63) is 41.6 Å². The molecule has 0 bridgehead atoms. The summed E-state index contributed by atoms with van der Waals surface area (Å²) in [7, 11) is 0. The summed E-state index contributed by atoms with van der Waals surface area (Å²) in [6.07, 6.45) is 1.67. The Bertz CT molecular complexity index is 901. The third kappa shape index (κ3) is 4.47. The van der Waals surface area contributed by atoms with E-state index in [1.54, 1.807) is 10.9 Å². The van der Waals surface area contributed by atoms with Crippen molar-refractivity contribution in [2.24, 2.45) is 0 Å². The van der Waals surface area contributed by atoms with E-state index in [9.17, 15) is 8.78 Å². The molecule has 3 aromatic rings. The zero-order valence-corrected chi connectivity index (χ0v) is 15.7. The molecule has 3 rings (SSSR count). The van der Waals surface area contributed by atoms with Crippen LogP contribution in [0.15, 0.2) is 24.5 Å². The van der Waals surface area contributed by atoms with Crippen LogP contribution in [0.2, 0.25) is 0 Å². The van der Waals surface area contributed by atoms with Crippen molar-refractivity contribution in [3.8, 4) is 11.3 Å². The maximum Gasteiger partial charge on any atom is 0.280 e. The van der Waals surface area contributed by atoms with E-state index in [0.29, 0.717) is 18.8 Å². The van der Waals surface area contributed by atoms with Crippen molar-refractivity contribution in [1.29, 1.82) is 0 Å². The molecule has 7 nitrogen and oxygen atoms in total. The SMILES string of the molecule is CCn1ncc(-c2cc(C(F)F)nc(NCCCn3ccc(C)n3)n2)c1C. The Morgan fingerprint density at radius 3 is 2.67 bits per heavy atom. The van der Waals surface area contributed by atoms with Crippen molar-refractivity contribution < 1.29 is 8.78 Å². The lowest BCUT2D eigenvalue weighted by atomic mass is 10.1. The molecule has 144 valence electrons. The number of hydrogen-bond acceptors (Lipinski definition) is 5. The van der Waals surface area contributed by atoms with Gasteiger partial charge in [0, 0.05) is 37.1 Å². The average molecular weight is 375 g/mol. The van der Waals surface area contributed by atoms with E-state index in [0.717, 1.165) is 29.9 Å². The van der Waals surface area contributed by atoms with E-state index in [-0.39, 0.29) is 11.6 Å². The second kappa shape index (κ2) is 8.24. The van der Waals surface area contributed by atoms with Gasteiger partial charge in [-0.05, 0) is 39.3 Å². The van der Waals surface area contributed by atoms with Gasteiger partial charge in [0.25, 0.3) is 6.43 Å². The van der Waals surface area contributed by atoms with Gasteiger partial charge >= 0.3 is 0 Å². The fourth-order valence-electron chi connectivity index (χ4n) is 2.84. The van der Waals surface area contributed by atoms with Crippen molar-refractivity contribution in [2.75, 3.05) is 11.9 Å². The number of aryl methyl sites for hydroxylation is 3. The number of halogens is 2. The smallest absolute Gasteiger partial charge is 0.280 e. The molecule has 0 fully saturated rings. The van der Waals surface area contributed by atoms with E-state index >= 15 is 0 Å². The van der Waals surface area contributed by atoms with Crippen LogP contribution in [-0.2, 0) is 13.1 Å². The molecular formula is C18H23F2N7. The fourth-order valence-corrected chi connectivity index (χ4v) is 2.84. The van der Waals surface area contributed by atoms with Crippen molar-refractivity contribution >= 4 is 5.95 Å². The molecule has 0 saturated carbocycles. The minimum Gasteiger partial charge on any atom is -0.354 e. The largest absolute Gasteiger partial charge is 0.354 e. The third-order valence-electron chi connectivity index (χ3n) is 4.27. The highest BCUT2D eigenvalue weighted by Gasteiger charge is 2.16. The van der Waals surface area contributed by atoms with Gasteiger partial charge in [0.05, 0.1) is 17.6 Å². The van der Waals surface area contributed by atoms with Crippen LogP contribution in [-0.4, -0.2) is 36.1 Å². The second-order valence-corrected chi connectivity index (χ2v) is 6.26. The Kier molecular flexibility index (Phi) is 5.78. The van der Waals surface area contributed by atoms with Gasteiger partial charge in [0.2, 0.25) is 5.95 Å². The number of nitrogens with zero attached hydrogens (tertiary/aromatic N) is 6. The topological polar surface area (TPSA) is 73.5 Å². The summed E-state index contributed by atoms with van der Waals surface area (Å²) in [5.41, 5.74) is 2.73. The summed E-state index contributed by atoms with van der Waals surface area (Å²) in [5, 5.41) is 11.6. The lowest BCUT2D eigenvalue weighted by Gasteiger charge is -2.10. The molecule has 27 heavy (non-hydrogen) atoms. The number of hydrogen-bond donors (Lipinski definition) is 1. The molecule has 3 heterocycles. The molecule has 0 amide bonds. The van der Waals surface area contributed by atoms with Crippen molar-refractivity contribution in [3.63, 3.8) is 0 Å². The molecule has 0 atom stereocenters. The molecular weight excluding hydrogens is 352 g/mol. The number of rotatable bonds is 8. The average Bonchev–Trinajstić information content (AvgIpc) is 3.23. The summed E-state index contributed by atoms with van der Waals surface area (Å²) >= 11 is 0. The van der Waals surface area contributed by atoms with Crippen LogP contribution in [0.25, 0.3) is 11.3 Å². The molecule has 0 radical (unpaired) electrons. The first-order valence-corrected chi connectivity index (χ1v) is 8.91. The van der Waals surface area contributed by atoms with Crippen LogP contribution in [0.5, 0.6) is 0 Å². The first-order chi connectivity index (χ1) is 13.0. The van der Waals surface area contributed by atoms with Crippen LogP contribution >= 0.6 is 0 Å². The molecule has 0 unspecified atom stereocenters. The molecule has 1 N–H and O–H groups in total. The highest BCUT2D eigenvalue weighted by atomic mass is 19.3. The molecule has 9 heteroatoms. The molecule has 3 aromatic heterocycles. The zero-order valence-electron chi connectivity index (χ0n) is 15.7. The van der Waals surface area contributed by atoms with E-state index in [1.165, 1.54) is 6.07 Å². The molecule has 0 aliphatic rings. The van der Waals surface area contributed by atoms with Gasteiger partial charge in [0.1, 0.15) is 5.69 Å². The van der Waals surface area contributed by atoms with Gasteiger partial charge < -0.3 is 5.32 Å². The first kappa shape index (κ1) is 18.9. The molecule has 0 spiro atoms. The Labute approximate surface area is 156 Å². The Hall–Kier alpha value is -2.84. The quantitative estimate of drug-likeness (QED) is 0.609. The van der Waals surface area contributed by atoms with E-state index in [1.807, 2.05) is 37.7 Å². The third-order valence-corrected chi connectivity index (χ3v) is 4.27. The zero-order chi connectivity index (χ0) is 19.4. The van der Waals surface area contributed by atoms with Crippen LogP contribution in [0.4, 0.5) is 14.7 Å². The summed E-state index contributed by atoms with van der Waals surface area (Å²) in [6.45, 7) is 7.79. The Balaban J connectivity index is 1.74. The summed E-state index contributed by atoms with van der Waals surface area (Å²) in [6, 6.07) is 3.26. The second-order valence-electron chi connectivity index (χ2n) is 6.26. The first-order valence-electron chi connectivity index (χ1n) is 8.91. The number of aromatic nitrogens is 6. The van der Waals surface area contributed by atoms with Gasteiger partial charge in [-0.25, -0.2) is 18.7 Å². The Morgan fingerprint density at radius 2 is 2.04 bits per heavy atom. The van der Waals surface area contributed by atoms with Gasteiger partial charge in [-0.1, -0.05) is 0 Å². The fraction of sp³-hybridized carbons (Fsp3) is 0.444. The van der Waals surface area contributed by atoms with Crippen molar-refractivity contribution in [2.45, 2.75) is 46.7 Å². The number of alkyl halides is 2. The van der Waals surface area contributed by atoms with Gasteiger partial charge in [-0.2, -0.15) is 10.2 Å². The van der Waals surface area contributed by atoms with Crippen LogP contribution in [0.3, 0.4) is 0 Å². The number of anilines is 1. The molecule has 0 aromatic carbocycles. The maximum atomic E-state index is 13.3. The van der Waals surface area contributed by atoms with Crippen molar-refractivity contribution in [1.82, 2.24) is 29.5 Å². The molecule has 0 aliphatic heterocycles.